The molecule has 1 aromatic carbocycles. The van der Waals surface area contributed by atoms with Gasteiger partial charge < -0.3 is 0 Å². The molecule has 0 amide bonds. The minimum absolute atomic E-state index is 0.0755. The van der Waals surface area contributed by atoms with Gasteiger partial charge in [-0.05, 0) is 30.7 Å². The maximum Gasteiger partial charge on any atom is 0.416 e. The van der Waals surface area contributed by atoms with Crippen LogP contribution in [-0.4, -0.2) is 0 Å². The van der Waals surface area contributed by atoms with E-state index in [2.05, 4.69) is 0 Å². The molecule has 0 heterocycles. The quantitative estimate of drug-likeness (QED) is 0.609. The molecule has 0 bridgehead atoms. The zero-order valence-corrected chi connectivity index (χ0v) is 6.81. The number of nitriles is 1. The maximum atomic E-state index is 12.2. The molecule has 68 valence electrons. The van der Waals surface area contributed by atoms with E-state index in [-0.39, 0.29) is 11.1 Å². The SMILES string of the molecule is Cc1cc(C#N)ccc1C(F)(F)F. The predicted molar refractivity (Wildman–Crippen MR) is 40.9 cm³/mol. The maximum absolute atomic E-state index is 12.2. The van der Waals surface area contributed by atoms with Crippen molar-refractivity contribution in [3.63, 3.8) is 0 Å². The Bertz CT molecular complexity index is 360. The lowest BCUT2D eigenvalue weighted by molar-refractivity contribution is -0.138. The van der Waals surface area contributed by atoms with Crippen molar-refractivity contribution in [2.45, 2.75) is 13.1 Å². The lowest BCUT2D eigenvalue weighted by Gasteiger charge is -2.09. The lowest BCUT2D eigenvalue weighted by Crippen LogP contribution is -2.07. The minimum atomic E-state index is -4.34. The average Bonchev–Trinajstić information content (AvgIpc) is 2.01. The van der Waals surface area contributed by atoms with Gasteiger partial charge in [-0.3, -0.25) is 0 Å². The molecule has 0 radical (unpaired) electrons. The van der Waals surface area contributed by atoms with Gasteiger partial charge in [0.2, 0.25) is 0 Å². The number of hydrogen-bond acceptors (Lipinski definition) is 1. The van der Waals surface area contributed by atoms with Crippen molar-refractivity contribution < 1.29 is 13.2 Å². The molecule has 0 aliphatic heterocycles. The Balaban J connectivity index is 3.23. The van der Waals surface area contributed by atoms with E-state index < -0.39 is 11.7 Å². The first kappa shape index (κ1) is 9.59. The van der Waals surface area contributed by atoms with E-state index in [1.165, 1.54) is 13.0 Å². The first-order valence-electron chi connectivity index (χ1n) is 3.53. The third kappa shape index (κ3) is 2.00. The molecular weight excluding hydrogens is 179 g/mol. The second-order valence-electron chi connectivity index (χ2n) is 2.64. The zero-order valence-electron chi connectivity index (χ0n) is 6.81. The van der Waals surface area contributed by atoms with Crippen LogP contribution in [0, 0.1) is 18.3 Å². The molecule has 0 saturated carbocycles. The summed E-state index contributed by atoms with van der Waals surface area (Å²) in [5, 5.41) is 8.42. The summed E-state index contributed by atoms with van der Waals surface area (Å²) in [5.74, 6) is 0. The summed E-state index contributed by atoms with van der Waals surface area (Å²) in [6.07, 6.45) is -4.34. The van der Waals surface area contributed by atoms with Crippen molar-refractivity contribution >= 4 is 0 Å². The Morgan fingerprint density at radius 2 is 1.92 bits per heavy atom. The van der Waals surface area contributed by atoms with Crippen LogP contribution in [0.4, 0.5) is 13.2 Å². The van der Waals surface area contributed by atoms with Crippen LogP contribution in [0.2, 0.25) is 0 Å². The minimum Gasteiger partial charge on any atom is -0.192 e. The van der Waals surface area contributed by atoms with Gasteiger partial charge in [-0.2, -0.15) is 18.4 Å². The third-order valence-corrected chi connectivity index (χ3v) is 1.66. The van der Waals surface area contributed by atoms with E-state index in [0.717, 1.165) is 12.1 Å². The number of rotatable bonds is 0. The summed E-state index contributed by atoms with van der Waals surface area (Å²) < 4.78 is 36.6. The molecule has 0 unspecified atom stereocenters. The van der Waals surface area contributed by atoms with E-state index >= 15 is 0 Å². The first-order chi connectivity index (χ1) is 5.95. The van der Waals surface area contributed by atoms with Gasteiger partial charge in [0.05, 0.1) is 17.2 Å². The van der Waals surface area contributed by atoms with Gasteiger partial charge in [-0.25, -0.2) is 0 Å². The van der Waals surface area contributed by atoms with E-state index in [1.807, 2.05) is 0 Å². The standard InChI is InChI=1S/C9H6F3N/c1-6-4-7(5-13)2-3-8(6)9(10,11)12/h2-4H,1H3. The van der Waals surface area contributed by atoms with Gasteiger partial charge >= 0.3 is 6.18 Å². The monoisotopic (exact) mass is 185 g/mol. The molecule has 4 heteroatoms. The summed E-state index contributed by atoms with van der Waals surface area (Å²) in [5.41, 5.74) is -0.372. The Labute approximate surface area is 73.4 Å². The molecule has 1 nitrogen and oxygen atoms in total. The van der Waals surface area contributed by atoms with Gasteiger partial charge in [0, 0.05) is 0 Å². The van der Waals surface area contributed by atoms with Crippen LogP contribution in [-0.2, 0) is 6.18 Å². The largest absolute Gasteiger partial charge is 0.416 e. The molecule has 13 heavy (non-hydrogen) atoms. The summed E-state index contributed by atoms with van der Waals surface area (Å²) in [4.78, 5) is 0. The van der Waals surface area contributed by atoms with Gasteiger partial charge in [-0.15, -0.1) is 0 Å². The van der Waals surface area contributed by atoms with Crippen molar-refractivity contribution in [1.29, 1.82) is 5.26 Å². The number of benzene rings is 1. The lowest BCUT2D eigenvalue weighted by atomic mass is 10.1. The van der Waals surface area contributed by atoms with E-state index in [9.17, 15) is 13.2 Å². The highest BCUT2D eigenvalue weighted by Gasteiger charge is 2.31. The van der Waals surface area contributed by atoms with Gasteiger partial charge in [0.15, 0.2) is 0 Å². The highest BCUT2D eigenvalue weighted by molar-refractivity contribution is 5.38. The van der Waals surface area contributed by atoms with Gasteiger partial charge in [0.1, 0.15) is 0 Å². The number of aryl methyl sites for hydroxylation is 1. The number of hydrogen-bond donors (Lipinski definition) is 0. The summed E-state index contributed by atoms with van der Waals surface area (Å²) in [7, 11) is 0. The van der Waals surface area contributed by atoms with Crippen LogP contribution in [0.5, 0.6) is 0 Å². The van der Waals surface area contributed by atoms with E-state index in [0.29, 0.717) is 0 Å². The number of halogens is 3. The summed E-state index contributed by atoms with van der Waals surface area (Å²) >= 11 is 0. The van der Waals surface area contributed by atoms with Gasteiger partial charge in [-0.1, -0.05) is 0 Å². The molecule has 1 rings (SSSR count). The van der Waals surface area contributed by atoms with Crippen molar-refractivity contribution in [3.8, 4) is 6.07 Å². The molecular formula is C9H6F3N. The van der Waals surface area contributed by atoms with Crippen LogP contribution in [0.3, 0.4) is 0 Å². The number of alkyl halides is 3. The fourth-order valence-corrected chi connectivity index (χ4v) is 1.05. The van der Waals surface area contributed by atoms with Crippen molar-refractivity contribution in [1.82, 2.24) is 0 Å². The fourth-order valence-electron chi connectivity index (χ4n) is 1.05. The molecule has 1 aromatic rings. The van der Waals surface area contributed by atoms with Crippen LogP contribution >= 0.6 is 0 Å². The van der Waals surface area contributed by atoms with E-state index in [4.69, 9.17) is 5.26 Å². The molecule has 0 aliphatic carbocycles. The normalized spacial score (nSPS) is 11.0. The van der Waals surface area contributed by atoms with Crippen molar-refractivity contribution in [2.75, 3.05) is 0 Å². The van der Waals surface area contributed by atoms with Crippen LogP contribution in [0.25, 0.3) is 0 Å². The summed E-state index contributed by atoms with van der Waals surface area (Å²) in [6, 6.07) is 5.09. The highest BCUT2D eigenvalue weighted by Crippen LogP contribution is 2.31. The van der Waals surface area contributed by atoms with Crippen LogP contribution in [0.1, 0.15) is 16.7 Å². The molecule has 0 fully saturated rings. The molecule has 0 aliphatic rings. The Morgan fingerprint density at radius 1 is 1.31 bits per heavy atom. The van der Waals surface area contributed by atoms with Crippen molar-refractivity contribution in [3.05, 3.63) is 34.9 Å². The second-order valence-corrected chi connectivity index (χ2v) is 2.64. The predicted octanol–water partition coefficient (Wildman–Crippen LogP) is 2.89. The van der Waals surface area contributed by atoms with Crippen LogP contribution in [0.15, 0.2) is 18.2 Å². The van der Waals surface area contributed by atoms with E-state index in [1.54, 1.807) is 6.07 Å². The second kappa shape index (κ2) is 3.09. The van der Waals surface area contributed by atoms with Crippen molar-refractivity contribution in [2.24, 2.45) is 0 Å². The Kier molecular flexibility index (Phi) is 2.28. The highest BCUT2D eigenvalue weighted by atomic mass is 19.4. The number of nitrogens with zero attached hydrogens (tertiary/aromatic N) is 1. The topological polar surface area (TPSA) is 23.8 Å². The third-order valence-electron chi connectivity index (χ3n) is 1.66. The smallest absolute Gasteiger partial charge is 0.192 e. The Hall–Kier alpha value is -1.50. The van der Waals surface area contributed by atoms with Crippen LogP contribution < -0.4 is 0 Å². The summed E-state index contributed by atoms with van der Waals surface area (Å²) in [6.45, 7) is 1.34. The molecule has 0 N–H and O–H groups in total. The molecule has 0 saturated heterocycles. The van der Waals surface area contributed by atoms with Gasteiger partial charge in [0.25, 0.3) is 0 Å². The zero-order chi connectivity index (χ0) is 10.1. The Morgan fingerprint density at radius 3 is 2.31 bits per heavy atom. The molecule has 0 spiro atoms. The molecule has 0 aromatic heterocycles. The first-order valence-corrected chi connectivity index (χ1v) is 3.53. The molecule has 0 atom stereocenters. The fraction of sp³-hybridized carbons (Fsp3) is 0.222. The average molecular weight is 185 g/mol.